The smallest absolute Gasteiger partial charge is 0.196 e. The molecule has 0 spiro atoms. The second kappa shape index (κ2) is 4.98. The molecule has 1 unspecified atom stereocenters. The van der Waals surface area contributed by atoms with Gasteiger partial charge in [-0.05, 0) is 40.5 Å². The zero-order chi connectivity index (χ0) is 13.4. The molecule has 1 aromatic carbocycles. The van der Waals surface area contributed by atoms with Crippen LogP contribution >= 0.6 is 27.3 Å². The summed E-state index contributed by atoms with van der Waals surface area (Å²) < 4.78 is 1.11. The normalized spacial score (nSPS) is 18.7. The van der Waals surface area contributed by atoms with Gasteiger partial charge in [0.2, 0.25) is 0 Å². The van der Waals surface area contributed by atoms with Crippen LogP contribution in [0, 0.1) is 6.92 Å². The molecule has 2 N–H and O–H groups in total. The van der Waals surface area contributed by atoms with E-state index in [1.54, 1.807) is 11.3 Å². The number of benzene rings is 1. The van der Waals surface area contributed by atoms with Crippen LogP contribution in [0.5, 0.6) is 0 Å². The lowest BCUT2D eigenvalue weighted by molar-refractivity contribution is 0.782. The monoisotopic (exact) mass is 335 g/mol. The van der Waals surface area contributed by atoms with Gasteiger partial charge >= 0.3 is 0 Å². The number of hydrogen-bond acceptors (Lipinski definition) is 4. The molecule has 1 aromatic heterocycles. The highest BCUT2D eigenvalue weighted by Gasteiger charge is 2.30. The first-order valence-electron chi connectivity index (χ1n) is 6.05. The number of halogens is 1. The Balaban J connectivity index is 2.02. The third-order valence-corrected chi connectivity index (χ3v) is 5.07. The molecule has 3 nitrogen and oxygen atoms in total. The molecular formula is C14H14BrN3S. The Morgan fingerprint density at radius 3 is 2.89 bits per heavy atom. The molecule has 1 aliphatic rings. The number of thiophene rings is 1. The predicted octanol–water partition coefficient (Wildman–Crippen LogP) is 3.70. The van der Waals surface area contributed by atoms with Gasteiger partial charge in [0.15, 0.2) is 5.96 Å². The van der Waals surface area contributed by atoms with E-state index in [0.29, 0.717) is 12.5 Å². The summed E-state index contributed by atoms with van der Waals surface area (Å²) in [6.45, 7) is 2.81. The minimum absolute atomic E-state index is 0.206. The van der Waals surface area contributed by atoms with Gasteiger partial charge in [-0.1, -0.05) is 18.2 Å². The minimum Gasteiger partial charge on any atom is -0.369 e. The van der Waals surface area contributed by atoms with E-state index in [4.69, 9.17) is 5.73 Å². The third kappa shape index (κ3) is 2.28. The highest BCUT2D eigenvalue weighted by Crippen LogP contribution is 2.36. The average Bonchev–Trinajstić information content (AvgIpc) is 2.96. The van der Waals surface area contributed by atoms with E-state index in [1.807, 2.05) is 12.1 Å². The summed E-state index contributed by atoms with van der Waals surface area (Å²) in [5.41, 5.74) is 8.43. The molecule has 0 saturated carbocycles. The fraction of sp³-hybridized carbons (Fsp3) is 0.214. The van der Waals surface area contributed by atoms with Crippen LogP contribution < -0.4 is 10.6 Å². The van der Waals surface area contributed by atoms with Crippen LogP contribution in [0.25, 0.3) is 0 Å². The summed E-state index contributed by atoms with van der Waals surface area (Å²) in [6, 6.07) is 10.6. The number of rotatable bonds is 2. The van der Waals surface area contributed by atoms with E-state index in [9.17, 15) is 0 Å². The first-order chi connectivity index (χ1) is 9.16. The Morgan fingerprint density at radius 1 is 1.42 bits per heavy atom. The SMILES string of the molecule is Cc1ccccc1N1C(N)=NCC1c1cc(Br)cs1. The van der Waals surface area contributed by atoms with Crippen LogP contribution in [0.2, 0.25) is 0 Å². The topological polar surface area (TPSA) is 41.6 Å². The molecule has 3 rings (SSSR count). The van der Waals surface area contributed by atoms with Crippen molar-refractivity contribution < 1.29 is 0 Å². The first kappa shape index (κ1) is 12.7. The van der Waals surface area contributed by atoms with Crippen LogP contribution in [0.15, 0.2) is 45.2 Å². The zero-order valence-corrected chi connectivity index (χ0v) is 12.9. The molecule has 0 radical (unpaired) electrons. The fourth-order valence-corrected chi connectivity index (χ4v) is 3.87. The van der Waals surface area contributed by atoms with Crippen molar-refractivity contribution in [2.75, 3.05) is 11.4 Å². The third-order valence-electron chi connectivity index (χ3n) is 3.28. The quantitative estimate of drug-likeness (QED) is 0.909. The first-order valence-corrected chi connectivity index (χ1v) is 7.73. The van der Waals surface area contributed by atoms with Crippen molar-refractivity contribution >= 4 is 38.9 Å². The molecular weight excluding hydrogens is 322 g/mol. The second-order valence-electron chi connectivity index (χ2n) is 4.54. The molecule has 2 aromatic rings. The number of aliphatic imine (C=N–C) groups is 1. The second-order valence-corrected chi connectivity index (χ2v) is 6.40. The summed E-state index contributed by atoms with van der Waals surface area (Å²) >= 11 is 5.24. The maximum absolute atomic E-state index is 6.08. The number of aryl methyl sites for hydroxylation is 1. The Morgan fingerprint density at radius 2 is 2.21 bits per heavy atom. The van der Waals surface area contributed by atoms with E-state index < -0.39 is 0 Å². The van der Waals surface area contributed by atoms with Gasteiger partial charge in [-0.2, -0.15) is 0 Å². The Labute approximate surface area is 124 Å². The Hall–Kier alpha value is -1.33. The maximum atomic E-state index is 6.08. The lowest BCUT2D eigenvalue weighted by Crippen LogP contribution is -2.36. The van der Waals surface area contributed by atoms with Crippen LogP contribution in [0.4, 0.5) is 5.69 Å². The van der Waals surface area contributed by atoms with Crippen molar-refractivity contribution in [1.82, 2.24) is 0 Å². The van der Waals surface area contributed by atoms with E-state index >= 15 is 0 Å². The number of para-hydroxylation sites is 1. The molecule has 19 heavy (non-hydrogen) atoms. The zero-order valence-electron chi connectivity index (χ0n) is 10.5. The van der Waals surface area contributed by atoms with Crippen molar-refractivity contribution in [1.29, 1.82) is 0 Å². The van der Waals surface area contributed by atoms with Gasteiger partial charge in [-0.25, -0.2) is 0 Å². The van der Waals surface area contributed by atoms with Crippen molar-refractivity contribution in [2.45, 2.75) is 13.0 Å². The van der Waals surface area contributed by atoms with Gasteiger partial charge in [0, 0.05) is 20.4 Å². The van der Waals surface area contributed by atoms with E-state index in [0.717, 1.165) is 10.2 Å². The van der Waals surface area contributed by atoms with Gasteiger partial charge < -0.3 is 10.6 Å². The van der Waals surface area contributed by atoms with Crippen LogP contribution in [-0.2, 0) is 0 Å². The highest BCUT2D eigenvalue weighted by atomic mass is 79.9. The van der Waals surface area contributed by atoms with Crippen molar-refractivity contribution in [3.8, 4) is 0 Å². The van der Waals surface area contributed by atoms with Gasteiger partial charge in [-0.3, -0.25) is 4.99 Å². The van der Waals surface area contributed by atoms with Crippen LogP contribution in [-0.4, -0.2) is 12.5 Å². The number of hydrogen-bond donors (Lipinski definition) is 1. The average molecular weight is 336 g/mol. The summed E-state index contributed by atoms with van der Waals surface area (Å²) in [5, 5.41) is 2.10. The fourth-order valence-electron chi connectivity index (χ4n) is 2.34. The maximum Gasteiger partial charge on any atom is 0.196 e. The molecule has 0 aliphatic carbocycles. The molecule has 98 valence electrons. The van der Waals surface area contributed by atoms with Crippen molar-refractivity contribution in [3.05, 3.63) is 50.6 Å². The van der Waals surface area contributed by atoms with E-state index in [1.165, 1.54) is 10.4 Å². The van der Waals surface area contributed by atoms with Crippen molar-refractivity contribution in [3.63, 3.8) is 0 Å². The summed E-state index contributed by atoms with van der Waals surface area (Å²) in [6.07, 6.45) is 0. The number of nitrogens with zero attached hydrogens (tertiary/aromatic N) is 2. The van der Waals surface area contributed by atoms with E-state index in [-0.39, 0.29) is 6.04 Å². The van der Waals surface area contributed by atoms with Gasteiger partial charge in [-0.15, -0.1) is 11.3 Å². The summed E-state index contributed by atoms with van der Waals surface area (Å²) in [5.74, 6) is 0.601. The molecule has 1 atom stereocenters. The number of nitrogens with two attached hydrogens (primary N) is 1. The number of guanidine groups is 1. The predicted molar refractivity (Wildman–Crippen MR) is 84.9 cm³/mol. The largest absolute Gasteiger partial charge is 0.369 e. The highest BCUT2D eigenvalue weighted by molar-refractivity contribution is 9.10. The summed E-state index contributed by atoms with van der Waals surface area (Å²) in [7, 11) is 0. The molecule has 0 bridgehead atoms. The van der Waals surface area contributed by atoms with Crippen LogP contribution in [0.1, 0.15) is 16.5 Å². The van der Waals surface area contributed by atoms with Gasteiger partial charge in [0.05, 0.1) is 12.6 Å². The molecule has 0 fully saturated rings. The lowest BCUT2D eigenvalue weighted by Gasteiger charge is -2.27. The summed E-state index contributed by atoms with van der Waals surface area (Å²) in [4.78, 5) is 7.82. The van der Waals surface area contributed by atoms with Gasteiger partial charge in [0.1, 0.15) is 0 Å². The van der Waals surface area contributed by atoms with Gasteiger partial charge in [0.25, 0.3) is 0 Å². The molecule has 0 amide bonds. The molecule has 2 heterocycles. The molecule has 0 saturated heterocycles. The molecule has 1 aliphatic heterocycles. The number of anilines is 1. The van der Waals surface area contributed by atoms with Crippen molar-refractivity contribution in [2.24, 2.45) is 10.7 Å². The Bertz CT molecular complexity index is 635. The Kier molecular flexibility index (Phi) is 3.33. The lowest BCUT2D eigenvalue weighted by atomic mass is 10.1. The standard InChI is InChI=1S/C14H14BrN3S/c1-9-4-2-3-5-11(9)18-12(7-17-14(18)16)13-6-10(15)8-19-13/h2-6,8,12H,7H2,1H3,(H2,16,17). The minimum atomic E-state index is 0.206. The van der Waals surface area contributed by atoms with E-state index in [2.05, 4.69) is 56.3 Å². The molecule has 5 heteroatoms. The van der Waals surface area contributed by atoms with Crippen LogP contribution in [0.3, 0.4) is 0 Å².